The van der Waals surface area contributed by atoms with Crippen LogP contribution < -0.4 is 5.32 Å². The maximum atomic E-state index is 13.1. The summed E-state index contributed by atoms with van der Waals surface area (Å²) in [4.78, 5) is 15.1. The van der Waals surface area contributed by atoms with E-state index < -0.39 is 0 Å². The Morgan fingerprint density at radius 1 is 1.11 bits per heavy atom. The van der Waals surface area contributed by atoms with E-state index in [-0.39, 0.29) is 17.9 Å². The summed E-state index contributed by atoms with van der Waals surface area (Å²) in [5.74, 6) is 1.79. The molecule has 0 radical (unpaired) electrons. The topological polar surface area (TPSA) is 71.3 Å². The van der Waals surface area contributed by atoms with Crippen molar-refractivity contribution in [3.05, 3.63) is 40.7 Å². The molecule has 1 N–H and O–H groups in total. The number of hydrogen-bond donors (Lipinski definition) is 1. The highest BCUT2D eigenvalue weighted by Crippen LogP contribution is 2.39. The van der Waals surface area contributed by atoms with Crippen LogP contribution in [0.2, 0.25) is 5.02 Å². The molecule has 1 atom stereocenters. The molecular formula is C21H27ClN4O2. The Bertz CT molecular complexity index is 808. The molecule has 6 nitrogen and oxygen atoms in total. The molecule has 1 aliphatic heterocycles. The smallest absolute Gasteiger partial charge is 0.316 e. The fourth-order valence-electron chi connectivity index (χ4n) is 3.80. The van der Waals surface area contributed by atoms with Crippen molar-refractivity contribution in [2.24, 2.45) is 5.92 Å². The van der Waals surface area contributed by atoms with Crippen LogP contribution in [0.1, 0.15) is 62.8 Å². The quantitative estimate of drug-likeness (QED) is 0.773. The standard InChI is InChI=1S/C21H27ClN4O2/c1-13(2)18(23-21-25-24-19(28-21)16-3-4-16)20(27)26-11-9-15(10-12-26)14-5-7-17(22)8-6-14/h5-8,13,15-16,18H,3-4,9-12H2,1-2H3,(H,23,25). The zero-order chi connectivity index (χ0) is 19.7. The number of carbonyl (C=O) groups is 1. The average Bonchev–Trinajstić information content (AvgIpc) is 3.45. The molecule has 150 valence electrons. The van der Waals surface area contributed by atoms with Gasteiger partial charge >= 0.3 is 6.01 Å². The first-order valence-electron chi connectivity index (χ1n) is 10.2. The molecule has 2 aromatic rings. The zero-order valence-electron chi connectivity index (χ0n) is 16.4. The van der Waals surface area contributed by atoms with Gasteiger partial charge in [0.15, 0.2) is 0 Å². The Kier molecular flexibility index (Phi) is 5.58. The third-order valence-electron chi connectivity index (χ3n) is 5.73. The molecule has 2 aliphatic rings. The van der Waals surface area contributed by atoms with E-state index in [0.29, 0.717) is 23.7 Å². The van der Waals surface area contributed by atoms with Crippen LogP contribution in [0.5, 0.6) is 0 Å². The number of benzene rings is 1. The first-order valence-corrected chi connectivity index (χ1v) is 10.5. The highest BCUT2D eigenvalue weighted by molar-refractivity contribution is 6.30. The normalized spacial score (nSPS) is 19.1. The number of aromatic nitrogens is 2. The molecule has 4 rings (SSSR count). The van der Waals surface area contributed by atoms with E-state index in [2.05, 4.69) is 27.6 Å². The minimum absolute atomic E-state index is 0.107. The number of hydrogen-bond acceptors (Lipinski definition) is 5. The van der Waals surface area contributed by atoms with E-state index >= 15 is 0 Å². The summed E-state index contributed by atoms with van der Waals surface area (Å²) in [6.45, 7) is 5.59. The van der Waals surface area contributed by atoms with Crippen molar-refractivity contribution in [2.75, 3.05) is 18.4 Å². The van der Waals surface area contributed by atoms with Crippen LogP contribution in [0.25, 0.3) is 0 Å². The first kappa shape index (κ1) is 19.2. The Morgan fingerprint density at radius 2 is 1.79 bits per heavy atom. The van der Waals surface area contributed by atoms with E-state index in [1.165, 1.54) is 5.56 Å². The van der Waals surface area contributed by atoms with Gasteiger partial charge in [-0.3, -0.25) is 4.79 Å². The number of carbonyl (C=O) groups excluding carboxylic acids is 1. The van der Waals surface area contributed by atoms with Crippen LogP contribution in [-0.4, -0.2) is 40.1 Å². The number of nitrogens with one attached hydrogen (secondary N) is 1. The van der Waals surface area contributed by atoms with E-state index in [9.17, 15) is 4.79 Å². The fourth-order valence-corrected chi connectivity index (χ4v) is 3.93. The van der Waals surface area contributed by atoms with E-state index in [0.717, 1.165) is 43.8 Å². The van der Waals surface area contributed by atoms with Crippen molar-refractivity contribution in [3.8, 4) is 0 Å². The van der Waals surface area contributed by atoms with Gasteiger partial charge in [-0.25, -0.2) is 0 Å². The molecular weight excluding hydrogens is 376 g/mol. The molecule has 2 fully saturated rings. The number of nitrogens with zero attached hydrogens (tertiary/aromatic N) is 3. The van der Waals surface area contributed by atoms with Gasteiger partial charge in [-0.05, 0) is 55.2 Å². The second-order valence-electron chi connectivity index (χ2n) is 8.24. The van der Waals surface area contributed by atoms with Crippen LogP contribution >= 0.6 is 11.6 Å². The lowest BCUT2D eigenvalue weighted by molar-refractivity contribution is -0.134. The molecule has 28 heavy (non-hydrogen) atoms. The maximum absolute atomic E-state index is 13.1. The van der Waals surface area contributed by atoms with Crippen molar-refractivity contribution >= 4 is 23.5 Å². The number of anilines is 1. The van der Waals surface area contributed by atoms with Gasteiger partial charge in [-0.1, -0.05) is 42.7 Å². The summed E-state index contributed by atoms with van der Waals surface area (Å²) in [5.41, 5.74) is 1.30. The molecule has 1 saturated carbocycles. The third kappa shape index (κ3) is 4.32. The Balaban J connectivity index is 1.36. The Morgan fingerprint density at radius 3 is 2.39 bits per heavy atom. The third-order valence-corrected chi connectivity index (χ3v) is 5.98. The number of likely N-dealkylation sites (tertiary alicyclic amines) is 1. The Hall–Kier alpha value is -2.08. The molecule has 0 spiro atoms. The summed E-state index contributed by atoms with van der Waals surface area (Å²) in [5, 5.41) is 12.1. The van der Waals surface area contributed by atoms with Gasteiger partial charge in [0.2, 0.25) is 11.8 Å². The number of rotatable bonds is 6. The van der Waals surface area contributed by atoms with Crippen LogP contribution in [0.3, 0.4) is 0 Å². The van der Waals surface area contributed by atoms with Gasteiger partial charge in [0.1, 0.15) is 6.04 Å². The second-order valence-corrected chi connectivity index (χ2v) is 8.67. The highest BCUT2D eigenvalue weighted by Gasteiger charge is 2.33. The van der Waals surface area contributed by atoms with Crippen LogP contribution in [-0.2, 0) is 4.79 Å². The number of piperidine rings is 1. The lowest BCUT2D eigenvalue weighted by atomic mass is 9.89. The molecule has 1 aromatic carbocycles. The zero-order valence-corrected chi connectivity index (χ0v) is 17.2. The first-order chi connectivity index (χ1) is 13.5. The van der Waals surface area contributed by atoms with Crippen molar-refractivity contribution in [3.63, 3.8) is 0 Å². The summed E-state index contributed by atoms with van der Waals surface area (Å²) < 4.78 is 5.70. The van der Waals surface area contributed by atoms with Crippen molar-refractivity contribution in [2.45, 2.75) is 57.4 Å². The van der Waals surface area contributed by atoms with Gasteiger partial charge in [0, 0.05) is 24.0 Å². The molecule has 0 bridgehead atoms. The van der Waals surface area contributed by atoms with Gasteiger partial charge in [-0.15, -0.1) is 5.10 Å². The predicted octanol–water partition coefficient (Wildman–Crippen LogP) is 4.44. The van der Waals surface area contributed by atoms with Gasteiger partial charge < -0.3 is 14.6 Å². The van der Waals surface area contributed by atoms with Crippen molar-refractivity contribution < 1.29 is 9.21 Å². The Labute approximate surface area is 170 Å². The summed E-state index contributed by atoms with van der Waals surface area (Å²) >= 11 is 5.99. The van der Waals surface area contributed by atoms with Gasteiger partial charge in [0.25, 0.3) is 0 Å². The molecule has 1 amide bonds. The summed E-state index contributed by atoms with van der Waals surface area (Å²) in [7, 11) is 0. The number of amides is 1. The molecule has 7 heteroatoms. The van der Waals surface area contributed by atoms with Crippen molar-refractivity contribution in [1.82, 2.24) is 15.1 Å². The lowest BCUT2D eigenvalue weighted by Crippen LogP contribution is -2.48. The molecule has 1 unspecified atom stereocenters. The second kappa shape index (κ2) is 8.11. The SMILES string of the molecule is CC(C)C(Nc1nnc(C2CC2)o1)C(=O)N1CCC(c2ccc(Cl)cc2)CC1. The molecule has 1 aromatic heterocycles. The monoisotopic (exact) mass is 402 g/mol. The number of halogens is 1. The lowest BCUT2D eigenvalue weighted by Gasteiger charge is -2.35. The van der Waals surface area contributed by atoms with Crippen molar-refractivity contribution in [1.29, 1.82) is 0 Å². The summed E-state index contributed by atoms with van der Waals surface area (Å²) in [6.07, 6.45) is 4.14. The maximum Gasteiger partial charge on any atom is 0.316 e. The molecule has 1 saturated heterocycles. The minimum Gasteiger partial charge on any atom is -0.408 e. The van der Waals surface area contributed by atoms with Crippen LogP contribution in [0.15, 0.2) is 28.7 Å². The highest BCUT2D eigenvalue weighted by atomic mass is 35.5. The van der Waals surface area contributed by atoms with E-state index in [4.69, 9.17) is 16.0 Å². The average molecular weight is 403 g/mol. The molecule has 2 heterocycles. The molecule has 1 aliphatic carbocycles. The van der Waals surface area contributed by atoms with Crippen LogP contribution in [0, 0.1) is 5.92 Å². The minimum atomic E-state index is -0.361. The summed E-state index contributed by atoms with van der Waals surface area (Å²) in [6, 6.07) is 8.05. The van der Waals surface area contributed by atoms with Crippen LogP contribution in [0.4, 0.5) is 6.01 Å². The van der Waals surface area contributed by atoms with E-state index in [1.807, 2.05) is 30.9 Å². The van der Waals surface area contributed by atoms with E-state index in [1.54, 1.807) is 0 Å². The fraction of sp³-hybridized carbons (Fsp3) is 0.571. The van der Waals surface area contributed by atoms with Gasteiger partial charge in [-0.2, -0.15) is 0 Å². The van der Waals surface area contributed by atoms with Gasteiger partial charge in [0.05, 0.1) is 0 Å². The largest absolute Gasteiger partial charge is 0.408 e. The predicted molar refractivity (Wildman–Crippen MR) is 109 cm³/mol.